The summed E-state index contributed by atoms with van der Waals surface area (Å²) >= 11 is 0. The standard InChI is InChI=1S/C24H34FN3O5/c1-2-30-17-20(29)14-27(15-21-4-3-11-32-21)16-22-23(18-5-7-19(25)8-6-18)26-33-24(22)28-9-12-31-13-10-28/h5-8,20-21,29H,2-4,9-17H2,1H3/t20-,21+/m1/s1. The second-order valence-corrected chi connectivity index (χ2v) is 8.56. The number of benzene rings is 1. The summed E-state index contributed by atoms with van der Waals surface area (Å²) in [6.45, 7) is 7.85. The molecule has 0 spiro atoms. The van der Waals surface area contributed by atoms with E-state index in [-0.39, 0.29) is 18.5 Å². The topological polar surface area (TPSA) is 80.4 Å². The number of halogens is 1. The van der Waals surface area contributed by atoms with Crippen molar-refractivity contribution in [1.82, 2.24) is 10.1 Å². The maximum atomic E-state index is 13.6. The molecular weight excluding hydrogens is 429 g/mol. The van der Waals surface area contributed by atoms with E-state index in [1.807, 2.05) is 6.92 Å². The first-order chi connectivity index (χ1) is 16.1. The van der Waals surface area contributed by atoms with Crippen molar-refractivity contribution >= 4 is 5.88 Å². The van der Waals surface area contributed by atoms with Gasteiger partial charge in [-0.3, -0.25) is 4.90 Å². The summed E-state index contributed by atoms with van der Waals surface area (Å²) in [6, 6.07) is 6.29. The lowest BCUT2D eigenvalue weighted by atomic mass is 10.1. The van der Waals surface area contributed by atoms with Gasteiger partial charge in [0.25, 0.3) is 0 Å². The minimum absolute atomic E-state index is 0.130. The van der Waals surface area contributed by atoms with Crippen molar-refractivity contribution in [2.24, 2.45) is 0 Å². The van der Waals surface area contributed by atoms with Crippen molar-refractivity contribution in [3.05, 3.63) is 35.6 Å². The van der Waals surface area contributed by atoms with Gasteiger partial charge in [0.1, 0.15) is 11.5 Å². The Morgan fingerprint density at radius 1 is 1.24 bits per heavy atom. The van der Waals surface area contributed by atoms with Crippen LogP contribution in [0.5, 0.6) is 0 Å². The van der Waals surface area contributed by atoms with Gasteiger partial charge in [0.05, 0.1) is 37.6 Å². The monoisotopic (exact) mass is 463 g/mol. The Balaban J connectivity index is 1.61. The molecule has 2 aliphatic heterocycles. The lowest BCUT2D eigenvalue weighted by Gasteiger charge is -2.30. The molecule has 9 heteroatoms. The highest BCUT2D eigenvalue weighted by atomic mass is 19.1. The van der Waals surface area contributed by atoms with Gasteiger partial charge in [0, 0.05) is 51.5 Å². The normalized spacial score (nSPS) is 20.0. The molecule has 8 nitrogen and oxygen atoms in total. The molecule has 1 aromatic carbocycles. The number of aliphatic hydroxyl groups excluding tert-OH is 1. The fraction of sp³-hybridized carbons (Fsp3) is 0.625. The molecular formula is C24H34FN3O5. The van der Waals surface area contributed by atoms with E-state index in [1.54, 1.807) is 12.1 Å². The van der Waals surface area contributed by atoms with Crippen LogP contribution >= 0.6 is 0 Å². The second-order valence-electron chi connectivity index (χ2n) is 8.56. The van der Waals surface area contributed by atoms with Gasteiger partial charge in [-0.2, -0.15) is 0 Å². The molecule has 2 saturated heterocycles. The summed E-state index contributed by atoms with van der Waals surface area (Å²) in [4.78, 5) is 4.32. The molecule has 3 heterocycles. The van der Waals surface area contributed by atoms with Crippen LogP contribution in [0.2, 0.25) is 0 Å². The average Bonchev–Trinajstić information content (AvgIpc) is 3.49. The zero-order chi connectivity index (χ0) is 23.0. The lowest BCUT2D eigenvalue weighted by molar-refractivity contribution is 0.00517. The smallest absolute Gasteiger partial charge is 0.232 e. The summed E-state index contributed by atoms with van der Waals surface area (Å²) < 4.78 is 36.2. The SMILES string of the molecule is CCOC[C@H](O)CN(Cc1c(-c2ccc(F)cc2)noc1N1CCOCC1)C[C@@H]1CCCO1. The number of aromatic nitrogens is 1. The van der Waals surface area contributed by atoms with Crippen LogP contribution in [0.1, 0.15) is 25.3 Å². The Bertz CT molecular complexity index is 850. The van der Waals surface area contributed by atoms with Gasteiger partial charge in [-0.25, -0.2) is 4.39 Å². The van der Waals surface area contributed by atoms with Gasteiger partial charge in [-0.05, 0) is 44.0 Å². The zero-order valence-electron chi connectivity index (χ0n) is 19.2. The molecule has 0 radical (unpaired) electrons. The molecule has 0 amide bonds. The first kappa shape index (κ1) is 24.1. The molecule has 33 heavy (non-hydrogen) atoms. The van der Waals surface area contributed by atoms with Gasteiger partial charge >= 0.3 is 0 Å². The van der Waals surface area contributed by atoms with E-state index in [0.29, 0.717) is 64.1 Å². The molecule has 1 aromatic heterocycles. The molecule has 2 fully saturated rings. The van der Waals surface area contributed by atoms with E-state index in [2.05, 4.69) is 15.0 Å². The lowest BCUT2D eigenvalue weighted by Crippen LogP contribution is -2.40. The highest BCUT2D eigenvalue weighted by Crippen LogP contribution is 2.33. The second kappa shape index (κ2) is 11.9. The predicted molar refractivity (Wildman–Crippen MR) is 122 cm³/mol. The van der Waals surface area contributed by atoms with Crippen LogP contribution in [0.4, 0.5) is 10.3 Å². The third kappa shape index (κ3) is 6.51. The number of aliphatic hydroxyl groups is 1. The third-order valence-electron chi connectivity index (χ3n) is 6.03. The minimum atomic E-state index is -0.618. The van der Waals surface area contributed by atoms with Gasteiger partial charge in [0.15, 0.2) is 0 Å². The largest absolute Gasteiger partial charge is 0.389 e. The molecule has 0 unspecified atom stereocenters. The Kier molecular flexibility index (Phi) is 8.69. The van der Waals surface area contributed by atoms with Crippen molar-refractivity contribution in [2.45, 2.75) is 38.5 Å². The maximum Gasteiger partial charge on any atom is 0.232 e. The highest BCUT2D eigenvalue weighted by Gasteiger charge is 2.28. The average molecular weight is 464 g/mol. The fourth-order valence-corrected chi connectivity index (χ4v) is 4.40. The maximum absolute atomic E-state index is 13.6. The predicted octanol–water partition coefficient (Wildman–Crippen LogP) is 2.70. The van der Waals surface area contributed by atoms with E-state index in [1.165, 1.54) is 12.1 Å². The van der Waals surface area contributed by atoms with E-state index in [9.17, 15) is 9.50 Å². The molecule has 0 aliphatic carbocycles. The molecule has 182 valence electrons. The van der Waals surface area contributed by atoms with Crippen LogP contribution in [0.3, 0.4) is 0 Å². The van der Waals surface area contributed by atoms with Crippen LogP contribution in [-0.2, 0) is 20.8 Å². The molecule has 0 bridgehead atoms. The van der Waals surface area contributed by atoms with Gasteiger partial charge < -0.3 is 28.7 Å². The Hall–Kier alpha value is -2.04. The number of ether oxygens (including phenoxy) is 3. The number of hydrogen-bond donors (Lipinski definition) is 1. The van der Waals surface area contributed by atoms with Crippen LogP contribution in [0.15, 0.2) is 28.8 Å². The van der Waals surface area contributed by atoms with Crippen LogP contribution in [-0.4, -0.2) is 86.6 Å². The van der Waals surface area contributed by atoms with E-state index in [4.69, 9.17) is 18.7 Å². The number of hydrogen-bond acceptors (Lipinski definition) is 8. The Morgan fingerprint density at radius 2 is 2.03 bits per heavy atom. The number of rotatable bonds is 11. The summed E-state index contributed by atoms with van der Waals surface area (Å²) in [5.41, 5.74) is 2.40. The van der Waals surface area contributed by atoms with E-state index < -0.39 is 6.10 Å². The summed E-state index contributed by atoms with van der Waals surface area (Å²) in [5.74, 6) is 0.408. The zero-order valence-corrected chi connectivity index (χ0v) is 19.2. The Labute approximate surface area is 194 Å². The first-order valence-electron chi connectivity index (χ1n) is 11.8. The van der Waals surface area contributed by atoms with Crippen LogP contribution in [0, 0.1) is 5.82 Å². The first-order valence-corrected chi connectivity index (χ1v) is 11.8. The third-order valence-corrected chi connectivity index (χ3v) is 6.03. The highest BCUT2D eigenvalue weighted by molar-refractivity contribution is 5.68. The van der Waals surface area contributed by atoms with E-state index in [0.717, 1.165) is 30.6 Å². The van der Waals surface area contributed by atoms with Crippen molar-refractivity contribution in [1.29, 1.82) is 0 Å². The van der Waals surface area contributed by atoms with Crippen molar-refractivity contribution in [3.63, 3.8) is 0 Å². The van der Waals surface area contributed by atoms with Gasteiger partial charge in [-0.1, -0.05) is 5.16 Å². The summed E-state index contributed by atoms with van der Waals surface area (Å²) in [5, 5.41) is 15.0. The van der Waals surface area contributed by atoms with E-state index >= 15 is 0 Å². The van der Waals surface area contributed by atoms with Gasteiger partial charge in [-0.15, -0.1) is 0 Å². The van der Waals surface area contributed by atoms with Crippen molar-refractivity contribution < 1.29 is 28.2 Å². The quantitative estimate of drug-likeness (QED) is 0.545. The van der Waals surface area contributed by atoms with Crippen LogP contribution in [0.25, 0.3) is 11.3 Å². The number of morpholine rings is 1. The molecule has 4 rings (SSSR count). The molecule has 2 aromatic rings. The Morgan fingerprint density at radius 3 is 2.73 bits per heavy atom. The molecule has 1 N–H and O–H groups in total. The van der Waals surface area contributed by atoms with Gasteiger partial charge in [0.2, 0.25) is 5.88 Å². The number of nitrogens with zero attached hydrogens (tertiary/aromatic N) is 3. The van der Waals surface area contributed by atoms with Crippen molar-refractivity contribution in [3.8, 4) is 11.3 Å². The fourth-order valence-electron chi connectivity index (χ4n) is 4.40. The summed E-state index contributed by atoms with van der Waals surface area (Å²) in [7, 11) is 0. The van der Waals surface area contributed by atoms with Crippen LogP contribution < -0.4 is 4.90 Å². The van der Waals surface area contributed by atoms with Crippen molar-refractivity contribution in [2.75, 3.05) is 64.1 Å². The molecule has 2 aliphatic rings. The number of anilines is 1. The summed E-state index contributed by atoms with van der Waals surface area (Å²) in [6.07, 6.45) is 1.56. The molecule has 2 atom stereocenters. The molecule has 0 saturated carbocycles. The minimum Gasteiger partial charge on any atom is -0.389 e.